The Hall–Kier alpha value is -1.72. The van der Waals surface area contributed by atoms with E-state index in [-0.39, 0.29) is 5.91 Å². The smallest absolute Gasteiger partial charge is 0.275 e. The predicted molar refractivity (Wildman–Crippen MR) is 97.4 cm³/mol. The molecule has 0 aliphatic heterocycles. The zero-order valence-corrected chi connectivity index (χ0v) is 15.0. The average Bonchev–Trinajstić information content (AvgIpc) is 2.96. The molecule has 3 N–H and O–H groups in total. The van der Waals surface area contributed by atoms with Gasteiger partial charge in [-0.15, -0.1) is 11.3 Å². The number of rotatable bonds is 6. The summed E-state index contributed by atoms with van der Waals surface area (Å²) in [5, 5.41) is 5.69. The van der Waals surface area contributed by atoms with Gasteiger partial charge in [-0.1, -0.05) is 39.8 Å². The zero-order chi connectivity index (χ0) is 17.0. The number of hydrogen-bond acceptors (Lipinski definition) is 4. The van der Waals surface area contributed by atoms with Gasteiger partial charge in [0.2, 0.25) is 0 Å². The van der Waals surface area contributed by atoms with Crippen LogP contribution in [0.2, 0.25) is 0 Å². The Morgan fingerprint density at radius 1 is 1.26 bits per heavy atom. The molecule has 0 saturated carbocycles. The first-order chi connectivity index (χ1) is 10.9. The zero-order valence-electron chi connectivity index (χ0n) is 14.2. The van der Waals surface area contributed by atoms with Crippen LogP contribution in [0.15, 0.2) is 23.6 Å². The lowest BCUT2D eigenvalue weighted by atomic mass is 9.94. The standard InChI is InChI=1S/C18H25N3OS/c1-11(2)13-5-6-15(14(9-13)12(3)4)21-18(22)16-10-23-17(20-16)7-8-19/h5-6,9-12H,7-8,19H2,1-4H3,(H,21,22). The Kier molecular flexibility index (Phi) is 5.91. The van der Waals surface area contributed by atoms with Crippen molar-refractivity contribution < 1.29 is 4.79 Å². The molecule has 0 aliphatic rings. The first-order valence-electron chi connectivity index (χ1n) is 8.02. The van der Waals surface area contributed by atoms with E-state index in [1.165, 1.54) is 16.9 Å². The number of thiazole rings is 1. The fraction of sp³-hybridized carbons (Fsp3) is 0.444. The Labute approximate surface area is 142 Å². The molecule has 2 aromatic rings. The fourth-order valence-corrected chi connectivity index (χ4v) is 3.17. The number of benzene rings is 1. The van der Waals surface area contributed by atoms with Crippen molar-refractivity contribution in [3.05, 3.63) is 45.4 Å². The topological polar surface area (TPSA) is 68.0 Å². The van der Waals surface area contributed by atoms with Gasteiger partial charge in [0.05, 0.1) is 5.01 Å². The molecule has 1 aromatic carbocycles. The van der Waals surface area contributed by atoms with E-state index in [1.54, 1.807) is 5.38 Å². The summed E-state index contributed by atoms with van der Waals surface area (Å²) in [4.78, 5) is 16.8. The van der Waals surface area contributed by atoms with E-state index in [1.807, 2.05) is 6.07 Å². The lowest BCUT2D eigenvalue weighted by Gasteiger charge is -2.16. The second kappa shape index (κ2) is 7.70. The summed E-state index contributed by atoms with van der Waals surface area (Å²) >= 11 is 1.48. The van der Waals surface area contributed by atoms with E-state index in [9.17, 15) is 4.79 Å². The minimum absolute atomic E-state index is 0.163. The molecule has 0 atom stereocenters. The van der Waals surface area contributed by atoms with Gasteiger partial charge in [0.15, 0.2) is 0 Å². The number of nitrogens with two attached hydrogens (primary N) is 1. The third-order valence-corrected chi connectivity index (χ3v) is 4.66. The molecule has 23 heavy (non-hydrogen) atoms. The van der Waals surface area contributed by atoms with Crippen LogP contribution in [0.3, 0.4) is 0 Å². The van der Waals surface area contributed by atoms with Crippen LogP contribution in [0, 0.1) is 0 Å². The van der Waals surface area contributed by atoms with Crippen LogP contribution in [-0.4, -0.2) is 17.4 Å². The molecule has 0 bridgehead atoms. The molecule has 0 saturated heterocycles. The summed E-state index contributed by atoms with van der Waals surface area (Å²) in [6.45, 7) is 9.16. The highest BCUT2D eigenvalue weighted by molar-refractivity contribution is 7.09. The summed E-state index contributed by atoms with van der Waals surface area (Å²) in [5.74, 6) is 0.644. The first-order valence-corrected chi connectivity index (χ1v) is 8.90. The molecule has 0 radical (unpaired) electrons. The second-order valence-electron chi connectivity index (χ2n) is 6.28. The summed E-state index contributed by atoms with van der Waals surface area (Å²) in [6, 6.07) is 6.26. The molecule has 0 spiro atoms. The molecule has 0 aliphatic carbocycles. The molecule has 0 fully saturated rings. The lowest BCUT2D eigenvalue weighted by molar-refractivity contribution is 0.102. The maximum absolute atomic E-state index is 12.4. The highest BCUT2D eigenvalue weighted by Gasteiger charge is 2.15. The molecular weight excluding hydrogens is 306 g/mol. The minimum atomic E-state index is -0.163. The van der Waals surface area contributed by atoms with Crippen molar-refractivity contribution >= 4 is 22.9 Å². The number of amides is 1. The third kappa shape index (κ3) is 4.39. The Balaban J connectivity index is 2.22. The number of nitrogens with zero attached hydrogens (tertiary/aromatic N) is 1. The summed E-state index contributed by atoms with van der Waals surface area (Å²) in [5.41, 5.74) is 9.29. The van der Waals surface area contributed by atoms with Crippen LogP contribution in [0.4, 0.5) is 5.69 Å². The van der Waals surface area contributed by atoms with E-state index in [4.69, 9.17) is 5.73 Å². The van der Waals surface area contributed by atoms with Crippen molar-refractivity contribution in [3.8, 4) is 0 Å². The normalized spacial score (nSPS) is 11.3. The molecule has 0 unspecified atom stereocenters. The average molecular weight is 331 g/mol. The highest BCUT2D eigenvalue weighted by Crippen LogP contribution is 2.28. The number of carbonyl (C=O) groups excluding carboxylic acids is 1. The van der Waals surface area contributed by atoms with E-state index >= 15 is 0 Å². The van der Waals surface area contributed by atoms with Crippen molar-refractivity contribution in [1.82, 2.24) is 4.98 Å². The van der Waals surface area contributed by atoms with E-state index in [0.717, 1.165) is 16.3 Å². The van der Waals surface area contributed by atoms with Crippen molar-refractivity contribution in [1.29, 1.82) is 0 Å². The molecular formula is C18H25N3OS. The number of nitrogens with one attached hydrogen (secondary N) is 1. The van der Waals surface area contributed by atoms with Gasteiger partial charge in [0, 0.05) is 17.5 Å². The molecule has 1 aromatic heterocycles. The third-order valence-electron chi connectivity index (χ3n) is 3.76. The van der Waals surface area contributed by atoms with Gasteiger partial charge in [-0.25, -0.2) is 4.98 Å². The number of aromatic nitrogens is 1. The predicted octanol–water partition coefficient (Wildman–Crippen LogP) is 4.14. The molecule has 1 amide bonds. The van der Waals surface area contributed by atoms with Crippen molar-refractivity contribution in [3.63, 3.8) is 0 Å². The Bertz CT molecular complexity index is 677. The first kappa shape index (κ1) is 17.6. The Morgan fingerprint density at radius 3 is 2.61 bits per heavy atom. The molecule has 4 nitrogen and oxygen atoms in total. The number of hydrogen-bond donors (Lipinski definition) is 2. The quantitative estimate of drug-likeness (QED) is 0.836. The van der Waals surface area contributed by atoms with Crippen LogP contribution in [0.1, 0.15) is 66.2 Å². The van der Waals surface area contributed by atoms with Gasteiger partial charge in [0.1, 0.15) is 5.69 Å². The fourth-order valence-electron chi connectivity index (χ4n) is 2.37. The maximum Gasteiger partial charge on any atom is 0.275 e. The minimum Gasteiger partial charge on any atom is -0.330 e. The van der Waals surface area contributed by atoms with Gasteiger partial charge in [-0.3, -0.25) is 4.79 Å². The maximum atomic E-state index is 12.4. The van der Waals surface area contributed by atoms with Crippen LogP contribution >= 0.6 is 11.3 Å². The van der Waals surface area contributed by atoms with Gasteiger partial charge in [0.25, 0.3) is 5.91 Å². The van der Waals surface area contributed by atoms with Gasteiger partial charge in [-0.2, -0.15) is 0 Å². The summed E-state index contributed by atoms with van der Waals surface area (Å²) in [6.07, 6.45) is 0.707. The van der Waals surface area contributed by atoms with Crippen molar-refractivity contribution in [2.45, 2.75) is 46.0 Å². The Morgan fingerprint density at radius 2 is 2.00 bits per heavy atom. The highest BCUT2D eigenvalue weighted by atomic mass is 32.1. The summed E-state index contributed by atoms with van der Waals surface area (Å²) < 4.78 is 0. The number of anilines is 1. The van der Waals surface area contributed by atoms with E-state index in [0.29, 0.717) is 30.5 Å². The largest absolute Gasteiger partial charge is 0.330 e. The SMILES string of the molecule is CC(C)c1ccc(NC(=O)c2csc(CCN)n2)c(C(C)C)c1. The monoisotopic (exact) mass is 331 g/mol. The lowest BCUT2D eigenvalue weighted by Crippen LogP contribution is -2.14. The van der Waals surface area contributed by atoms with Gasteiger partial charge in [-0.05, 0) is 35.6 Å². The van der Waals surface area contributed by atoms with Crippen LogP contribution in [0.5, 0.6) is 0 Å². The second-order valence-corrected chi connectivity index (χ2v) is 7.22. The summed E-state index contributed by atoms with van der Waals surface area (Å²) in [7, 11) is 0. The van der Waals surface area contributed by atoms with Crippen LogP contribution in [-0.2, 0) is 6.42 Å². The molecule has 124 valence electrons. The molecule has 5 heteroatoms. The number of carbonyl (C=O) groups is 1. The van der Waals surface area contributed by atoms with E-state index in [2.05, 4.69) is 50.1 Å². The van der Waals surface area contributed by atoms with Crippen LogP contribution < -0.4 is 11.1 Å². The van der Waals surface area contributed by atoms with Gasteiger partial charge < -0.3 is 11.1 Å². The van der Waals surface area contributed by atoms with Crippen molar-refractivity contribution in [2.24, 2.45) is 5.73 Å². The molecule has 2 rings (SSSR count). The van der Waals surface area contributed by atoms with Gasteiger partial charge >= 0.3 is 0 Å². The van der Waals surface area contributed by atoms with Crippen molar-refractivity contribution in [2.75, 3.05) is 11.9 Å². The van der Waals surface area contributed by atoms with Crippen LogP contribution in [0.25, 0.3) is 0 Å². The van der Waals surface area contributed by atoms with E-state index < -0.39 is 0 Å². The molecule has 1 heterocycles.